The molecule has 0 bridgehead atoms. The number of nitriles is 1. The van der Waals surface area contributed by atoms with Gasteiger partial charge in [-0.3, -0.25) is 5.43 Å². The van der Waals surface area contributed by atoms with Crippen molar-refractivity contribution >= 4 is 45.9 Å². The van der Waals surface area contributed by atoms with Crippen LogP contribution in [0.15, 0.2) is 28.7 Å². The fraction of sp³-hybridized carbons (Fsp3) is 0. The average Bonchev–Trinajstić information content (AvgIpc) is 2.79. The topological polar surface area (TPSA) is 81.3 Å². The molecule has 1 aromatic heterocycles. The number of benzene rings is 1. The standard InChI is InChI=1S/C11H6Cl2N4OS/c12-6-1-2-8(7(13)3-6)16-17-9(4-14)11-15-10(18)5-19-11/h1-3,5,16,18H. The lowest BCUT2D eigenvalue weighted by Crippen LogP contribution is -2.01. The van der Waals surface area contributed by atoms with E-state index in [1.165, 1.54) is 5.38 Å². The van der Waals surface area contributed by atoms with E-state index in [0.717, 1.165) is 11.3 Å². The molecule has 0 unspecified atom stereocenters. The van der Waals surface area contributed by atoms with E-state index in [1.807, 2.05) is 6.07 Å². The number of nitrogens with zero attached hydrogens (tertiary/aromatic N) is 3. The van der Waals surface area contributed by atoms with Gasteiger partial charge in [0.1, 0.15) is 6.07 Å². The molecule has 96 valence electrons. The third-order valence-corrected chi connectivity index (χ3v) is 3.40. The molecule has 0 amide bonds. The van der Waals surface area contributed by atoms with E-state index in [1.54, 1.807) is 18.2 Å². The van der Waals surface area contributed by atoms with E-state index in [-0.39, 0.29) is 11.6 Å². The largest absolute Gasteiger partial charge is 0.493 e. The molecular formula is C11H6Cl2N4OS. The number of aromatic hydroxyl groups is 1. The predicted octanol–water partition coefficient (Wildman–Crippen LogP) is 3.50. The zero-order valence-electron chi connectivity index (χ0n) is 9.26. The van der Waals surface area contributed by atoms with Gasteiger partial charge in [-0.1, -0.05) is 23.2 Å². The fourth-order valence-corrected chi connectivity index (χ4v) is 2.26. The molecule has 0 saturated carbocycles. The maximum absolute atomic E-state index is 9.14. The van der Waals surface area contributed by atoms with Crippen molar-refractivity contribution < 1.29 is 5.11 Å². The van der Waals surface area contributed by atoms with Crippen LogP contribution >= 0.6 is 34.5 Å². The molecule has 0 aliphatic carbocycles. The van der Waals surface area contributed by atoms with Crippen molar-refractivity contribution in [3.05, 3.63) is 38.6 Å². The number of rotatable bonds is 3. The van der Waals surface area contributed by atoms with Crippen LogP contribution < -0.4 is 5.43 Å². The molecule has 0 radical (unpaired) electrons. The first-order valence-corrected chi connectivity index (χ1v) is 6.57. The van der Waals surface area contributed by atoms with E-state index in [0.29, 0.717) is 20.7 Å². The van der Waals surface area contributed by atoms with Crippen LogP contribution in [0.3, 0.4) is 0 Å². The Balaban J connectivity index is 2.23. The van der Waals surface area contributed by atoms with Gasteiger partial charge in [-0.25, -0.2) is 0 Å². The molecule has 0 aliphatic heterocycles. The highest BCUT2D eigenvalue weighted by Gasteiger charge is 2.09. The van der Waals surface area contributed by atoms with Gasteiger partial charge in [0.05, 0.1) is 16.1 Å². The zero-order chi connectivity index (χ0) is 13.8. The van der Waals surface area contributed by atoms with Crippen LogP contribution in [0.5, 0.6) is 5.88 Å². The minimum atomic E-state index is -0.146. The number of halogens is 2. The summed E-state index contributed by atoms with van der Waals surface area (Å²) in [5.74, 6) is -0.146. The summed E-state index contributed by atoms with van der Waals surface area (Å²) in [5.41, 5.74) is 3.22. The molecule has 5 nitrogen and oxygen atoms in total. The molecule has 2 aromatic rings. The molecular weight excluding hydrogens is 307 g/mol. The Labute approximate surface area is 122 Å². The summed E-state index contributed by atoms with van der Waals surface area (Å²) in [6, 6.07) is 6.73. The third-order valence-electron chi connectivity index (χ3n) is 2.02. The Hall–Kier alpha value is -1.81. The highest BCUT2D eigenvalue weighted by atomic mass is 35.5. The molecule has 2 rings (SSSR count). The van der Waals surface area contributed by atoms with Crippen LogP contribution in [-0.4, -0.2) is 15.8 Å². The Morgan fingerprint density at radius 3 is 2.84 bits per heavy atom. The lowest BCUT2D eigenvalue weighted by atomic mass is 10.3. The SMILES string of the molecule is N#CC(=NNc1ccc(Cl)cc1Cl)c1nc(O)cs1. The van der Waals surface area contributed by atoms with Gasteiger partial charge in [0.25, 0.3) is 0 Å². The molecule has 8 heteroatoms. The fourth-order valence-electron chi connectivity index (χ4n) is 1.19. The number of nitrogens with one attached hydrogen (secondary N) is 1. The summed E-state index contributed by atoms with van der Waals surface area (Å²) in [6.45, 7) is 0. The summed E-state index contributed by atoms with van der Waals surface area (Å²) in [7, 11) is 0. The highest BCUT2D eigenvalue weighted by Crippen LogP contribution is 2.25. The Morgan fingerprint density at radius 1 is 1.47 bits per heavy atom. The molecule has 0 atom stereocenters. The monoisotopic (exact) mass is 312 g/mol. The molecule has 2 N–H and O–H groups in total. The average molecular weight is 313 g/mol. The summed E-state index contributed by atoms with van der Waals surface area (Å²) in [6.07, 6.45) is 0. The second kappa shape index (κ2) is 5.89. The number of hydrogen-bond donors (Lipinski definition) is 2. The van der Waals surface area contributed by atoms with Gasteiger partial charge in [0.2, 0.25) is 5.88 Å². The van der Waals surface area contributed by atoms with Crippen LogP contribution in [0.4, 0.5) is 5.69 Å². The molecule has 1 heterocycles. The van der Waals surface area contributed by atoms with E-state index in [4.69, 9.17) is 33.6 Å². The minimum absolute atomic E-state index is 0.0521. The van der Waals surface area contributed by atoms with Crippen molar-refractivity contribution in [3.63, 3.8) is 0 Å². The molecule has 0 fully saturated rings. The van der Waals surface area contributed by atoms with Crippen molar-refractivity contribution in [2.45, 2.75) is 0 Å². The first-order valence-electron chi connectivity index (χ1n) is 4.94. The second-order valence-corrected chi connectivity index (χ2v) is 5.02. The molecule has 0 saturated heterocycles. The molecule has 0 aliphatic rings. The van der Waals surface area contributed by atoms with Gasteiger partial charge in [-0.2, -0.15) is 15.3 Å². The van der Waals surface area contributed by atoms with Gasteiger partial charge < -0.3 is 5.11 Å². The van der Waals surface area contributed by atoms with Crippen LogP contribution in [-0.2, 0) is 0 Å². The quantitative estimate of drug-likeness (QED) is 0.671. The van der Waals surface area contributed by atoms with Crippen molar-refractivity contribution in [2.24, 2.45) is 5.10 Å². The Morgan fingerprint density at radius 2 is 2.26 bits per heavy atom. The zero-order valence-corrected chi connectivity index (χ0v) is 11.6. The van der Waals surface area contributed by atoms with Gasteiger partial charge in [0, 0.05) is 5.02 Å². The smallest absolute Gasteiger partial charge is 0.222 e. The maximum Gasteiger partial charge on any atom is 0.222 e. The second-order valence-electron chi connectivity index (χ2n) is 3.32. The number of thiazole rings is 1. The van der Waals surface area contributed by atoms with Crippen molar-refractivity contribution in [2.75, 3.05) is 5.43 Å². The van der Waals surface area contributed by atoms with Gasteiger partial charge in [-0.15, -0.1) is 11.3 Å². The van der Waals surface area contributed by atoms with Crippen LogP contribution in [0.2, 0.25) is 10.0 Å². The van der Waals surface area contributed by atoms with Gasteiger partial charge in [0.15, 0.2) is 10.7 Å². The van der Waals surface area contributed by atoms with E-state index >= 15 is 0 Å². The predicted molar refractivity (Wildman–Crippen MR) is 76.0 cm³/mol. The summed E-state index contributed by atoms with van der Waals surface area (Å²) < 4.78 is 0. The van der Waals surface area contributed by atoms with E-state index in [9.17, 15) is 0 Å². The molecule has 19 heavy (non-hydrogen) atoms. The Kier molecular flexibility index (Phi) is 4.22. The number of anilines is 1. The first kappa shape index (κ1) is 13.6. The normalized spacial score (nSPS) is 11.1. The Bertz CT molecular complexity index is 678. The lowest BCUT2D eigenvalue weighted by Gasteiger charge is -2.03. The third kappa shape index (κ3) is 3.35. The van der Waals surface area contributed by atoms with Crippen molar-refractivity contribution in [3.8, 4) is 11.9 Å². The number of hydrazone groups is 1. The van der Waals surface area contributed by atoms with Crippen molar-refractivity contribution in [1.82, 2.24) is 4.98 Å². The maximum atomic E-state index is 9.14. The number of hydrogen-bond acceptors (Lipinski definition) is 6. The molecule has 0 spiro atoms. The lowest BCUT2D eigenvalue weighted by molar-refractivity contribution is 0.457. The van der Waals surface area contributed by atoms with Gasteiger partial charge >= 0.3 is 0 Å². The van der Waals surface area contributed by atoms with E-state index < -0.39 is 0 Å². The van der Waals surface area contributed by atoms with Gasteiger partial charge in [-0.05, 0) is 18.2 Å². The first-order chi connectivity index (χ1) is 9.10. The highest BCUT2D eigenvalue weighted by molar-refractivity contribution is 7.12. The van der Waals surface area contributed by atoms with Crippen LogP contribution in [0.25, 0.3) is 0 Å². The van der Waals surface area contributed by atoms with Crippen LogP contribution in [0, 0.1) is 11.3 Å². The summed E-state index contributed by atoms with van der Waals surface area (Å²) >= 11 is 12.8. The van der Waals surface area contributed by atoms with Crippen LogP contribution in [0.1, 0.15) is 5.01 Å². The minimum Gasteiger partial charge on any atom is -0.493 e. The summed E-state index contributed by atoms with van der Waals surface area (Å²) in [4.78, 5) is 3.76. The summed E-state index contributed by atoms with van der Waals surface area (Å²) in [5, 5.41) is 24.6. The van der Waals surface area contributed by atoms with E-state index in [2.05, 4.69) is 15.5 Å². The van der Waals surface area contributed by atoms with Crippen molar-refractivity contribution in [1.29, 1.82) is 5.26 Å². The molecule has 1 aromatic carbocycles. The number of aromatic nitrogens is 1.